The summed E-state index contributed by atoms with van der Waals surface area (Å²) in [5.41, 5.74) is 0. The van der Waals surface area contributed by atoms with E-state index in [1.54, 1.807) is 0 Å². The number of rotatable bonds is 3. The molecular formula is C13H20N2O4S2. The second-order valence-electron chi connectivity index (χ2n) is 5.43. The summed E-state index contributed by atoms with van der Waals surface area (Å²) >= 11 is 0. The molecular weight excluding hydrogens is 312 g/mol. The van der Waals surface area contributed by atoms with Crippen LogP contribution in [0.1, 0.15) is 13.8 Å². The highest BCUT2D eigenvalue weighted by atomic mass is 32.2. The normalized spacial score (nSPS) is 24.9. The molecule has 118 valence electrons. The van der Waals surface area contributed by atoms with Gasteiger partial charge in [-0.25, -0.2) is 16.8 Å². The largest absolute Gasteiger partial charge is 0.314 e. The van der Waals surface area contributed by atoms with Crippen LogP contribution in [0.5, 0.6) is 0 Å². The highest BCUT2D eigenvalue weighted by molar-refractivity contribution is 7.90. The average Bonchev–Trinajstić information content (AvgIpc) is 2.37. The number of nitrogens with zero attached hydrogens (tertiary/aromatic N) is 1. The van der Waals surface area contributed by atoms with Gasteiger partial charge in [0.2, 0.25) is 10.0 Å². The minimum absolute atomic E-state index is 0.114. The van der Waals surface area contributed by atoms with Crippen molar-refractivity contribution in [2.75, 3.05) is 19.3 Å². The van der Waals surface area contributed by atoms with Crippen molar-refractivity contribution in [1.82, 2.24) is 9.62 Å². The molecule has 1 aliphatic heterocycles. The number of piperazine rings is 1. The highest BCUT2D eigenvalue weighted by Gasteiger charge is 2.35. The Kier molecular flexibility index (Phi) is 4.44. The summed E-state index contributed by atoms with van der Waals surface area (Å²) in [4.78, 5) is 0.235. The van der Waals surface area contributed by atoms with E-state index in [9.17, 15) is 16.8 Å². The molecule has 1 saturated heterocycles. The Balaban J connectivity index is 2.40. The maximum atomic E-state index is 12.7. The molecule has 0 aliphatic carbocycles. The van der Waals surface area contributed by atoms with Crippen LogP contribution in [-0.2, 0) is 19.9 Å². The van der Waals surface area contributed by atoms with Crippen LogP contribution in [-0.4, -0.2) is 52.6 Å². The molecule has 0 saturated carbocycles. The average molecular weight is 332 g/mol. The van der Waals surface area contributed by atoms with Crippen molar-refractivity contribution in [3.05, 3.63) is 24.3 Å². The molecule has 0 bridgehead atoms. The van der Waals surface area contributed by atoms with E-state index in [0.29, 0.717) is 13.1 Å². The van der Waals surface area contributed by atoms with Crippen LogP contribution in [0.3, 0.4) is 0 Å². The van der Waals surface area contributed by atoms with E-state index >= 15 is 0 Å². The van der Waals surface area contributed by atoms with Gasteiger partial charge in [-0.05, 0) is 38.1 Å². The van der Waals surface area contributed by atoms with E-state index < -0.39 is 19.9 Å². The lowest BCUT2D eigenvalue weighted by Crippen LogP contribution is -2.57. The Morgan fingerprint density at radius 1 is 0.952 bits per heavy atom. The zero-order valence-corrected chi connectivity index (χ0v) is 13.9. The molecule has 2 atom stereocenters. The van der Waals surface area contributed by atoms with Crippen LogP contribution in [0.4, 0.5) is 0 Å². The van der Waals surface area contributed by atoms with Crippen molar-refractivity contribution < 1.29 is 16.8 Å². The number of sulfonamides is 1. The van der Waals surface area contributed by atoms with Crippen molar-refractivity contribution >= 4 is 19.9 Å². The molecule has 21 heavy (non-hydrogen) atoms. The Morgan fingerprint density at radius 3 is 1.81 bits per heavy atom. The Labute approximate surface area is 126 Å². The molecule has 8 heteroatoms. The zero-order chi connectivity index (χ0) is 15.8. The van der Waals surface area contributed by atoms with Crippen molar-refractivity contribution in [3.8, 4) is 0 Å². The zero-order valence-electron chi connectivity index (χ0n) is 12.3. The minimum Gasteiger partial charge on any atom is -0.314 e. The summed E-state index contributed by atoms with van der Waals surface area (Å²) < 4.78 is 49.8. The smallest absolute Gasteiger partial charge is 0.243 e. The first-order chi connectivity index (χ1) is 9.64. The van der Waals surface area contributed by atoms with Crippen molar-refractivity contribution in [1.29, 1.82) is 0 Å². The predicted molar refractivity (Wildman–Crippen MR) is 80.4 cm³/mol. The third-order valence-electron chi connectivity index (χ3n) is 3.58. The first-order valence-electron chi connectivity index (χ1n) is 6.68. The Bertz CT molecular complexity index is 701. The fraction of sp³-hybridized carbons (Fsp3) is 0.538. The van der Waals surface area contributed by atoms with E-state index in [2.05, 4.69) is 5.32 Å². The van der Waals surface area contributed by atoms with Gasteiger partial charge in [0, 0.05) is 31.4 Å². The first-order valence-corrected chi connectivity index (χ1v) is 10.0. The van der Waals surface area contributed by atoms with Gasteiger partial charge in [-0.2, -0.15) is 4.31 Å². The number of sulfone groups is 1. The van der Waals surface area contributed by atoms with E-state index in [4.69, 9.17) is 0 Å². The fourth-order valence-electron chi connectivity index (χ4n) is 2.57. The summed E-state index contributed by atoms with van der Waals surface area (Å²) in [6.07, 6.45) is 1.09. The lowest BCUT2D eigenvalue weighted by Gasteiger charge is -2.38. The van der Waals surface area contributed by atoms with Crippen molar-refractivity contribution in [3.63, 3.8) is 0 Å². The van der Waals surface area contributed by atoms with E-state index in [1.165, 1.54) is 28.6 Å². The van der Waals surface area contributed by atoms with Gasteiger partial charge >= 0.3 is 0 Å². The van der Waals surface area contributed by atoms with E-state index in [0.717, 1.165) is 6.26 Å². The first kappa shape index (κ1) is 16.4. The number of benzene rings is 1. The van der Waals surface area contributed by atoms with Crippen molar-refractivity contribution in [2.24, 2.45) is 0 Å². The van der Waals surface area contributed by atoms with Crippen molar-refractivity contribution in [2.45, 2.75) is 35.7 Å². The van der Waals surface area contributed by atoms with Crippen LogP contribution in [0.2, 0.25) is 0 Å². The summed E-state index contributed by atoms with van der Waals surface area (Å²) in [5, 5.41) is 3.18. The van der Waals surface area contributed by atoms with Crippen LogP contribution in [0.25, 0.3) is 0 Å². The summed E-state index contributed by atoms with van der Waals surface area (Å²) in [6.45, 7) is 4.91. The molecule has 0 amide bonds. The number of hydrogen-bond donors (Lipinski definition) is 1. The Morgan fingerprint density at radius 2 is 1.38 bits per heavy atom. The highest BCUT2D eigenvalue weighted by Crippen LogP contribution is 2.23. The monoisotopic (exact) mass is 332 g/mol. The predicted octanol–water partition coefficient (Wildman–Crippen LogP) is 0.461. The van der Waals surface area contributed by atoms with Gasteiger partial charge in [-0.15, -0.1) is 0 Å². The molecule has 2 rings (SSSR count). The third-order valence-corrected chi connectivity index (χ3v) is 6.85. The molecule has 1 aromatic carbocycles. The molecule has 6 nitrogen and oxygen atoms in total. The number of hydrogen-bond acceptors (Lipinski definition) is 5. The standard InChI is InChI=1S/C13H20N2O4S2/c1-10-8-14-9-11(2)15(10)21(18,19)13-6-4-12(5-7-13)20(3,16)17/h4-7,10-11,14H,8-9H2,1-3H3. The minimum atomic E-state index is -3.62. The molecule has 0 radical (unpaired) electrons. The quantitative estimate of drug-likeness (QED) is 0.869. The Hall–Kier alpha value is -0.960. The van der Waals surface area contributed by atoms with Crippen LogP contribution in [0, 0.1) is 0 Å². The van der Waals surface area contributed by atoms with Gasteiger partial charge in [-0.1, -0.05) is 0 Å². The van der Waals surface area contributed by atoms with Gasteiger partial charge in [0.05, 0.1) is 9.79 Å². The van der Waals surface area contributed by atoms with E-state index in [1.807, 2.05) is 13.8 Å². The van der Waals surface area contributed by atoms with Gasteiger partial charge in [0.1, 0.15) is 0 Å². The van der Waals surface area contributed by atoms with Gasteiger partial charge in [0.15, 0.2) is 9.84 Å². The molecule has 1 aromatic rings. The summed E-state index contributed by atoms with van der Waals surface area (Å²) in [7, 11) is -6.95. The maximum Gasteiger partial charge on any atom is 0.243 e. The van der Waals surface area contributed by atoms with Gasteiger partial charge in [0.25, 0.3) is 0 Å². The molecule has 0 aromatic heterocycles. The van der Waals surface area contributed by atoms with Crippen LogP contribution < -0.4 is 5.32 Å². The third kappa shape index (κ3) is 3.28. The summed E-state index contributed by atoms with van der Waals surface area (Å²) in [5.74, 6) is 0. The van der Waals surface area contributed by atoms with E-state index in [-0.39, 0.29) is 21.9 Å². The lowest BCUT2D eigenvalue weighted by molar-refractivity contribution is 0.220. The fourth-order valence-corrected chi connectivity index (χ4v) is 5.02. The molecule has 0 spiro atoms. The SMILES string of the molecule is CC1CNCC(C)N1S(=O)(=O)c1ccc(S(C)(=O)=O)cc1. The molecule has 1 N–H and O–H groups in total. The molecule has 1 fully saturated rings. The van der Waals surface area contributed by atoms with Gasteiger partial charge in [-0.3, -0.25) is 0 Å². The molecule has 2 unspecified atom stereocenters. The lowest BCUT2D eigenvalue weighted by atomic mass is 10.2. The second kappa shape index (κ2) is 5.68. The summed E-state index contributed by atoms with van der Waals surface area (Å²) in [6, 6.07) is 5.08. The van der Waals surface area contributed by atoms with Crippen LogP contribution in [0.15, 0.2) is 34.1 Å². The topological polar surface area (TPSA) is 83.6 Å². The van der Waals surface area contributed by atoms with Crippen LogP contribution >= 0.6 is 0 Å². The maximum absolute atomic E-state index is 12.7. The second-order valence-corrected chi connectivity index (χ2v) is 9.29. The molecule has 1 aliphatic rings. The number of nitrogens with one attached hydrogen (secondary N) is 1. The molecule has 1 heterocycles. The van der Waals surface area contributed by atoms with Gasteiger partial charge < -0.3 is 5.32 Å².